The predicted molar refractivity (Wildman–Crippen MR) is 447 cm³/mol. The molecule has 103 heavy (non-hydrogen) atoms. The van der Waals surface area contributed by atoms with Gasteiger partial charge in [-0.05, 0) is 103 Å². The predicted octanol–water partition coefficient (Wildman–Crippen LogP) is 28.8. The van der Waals surface area contributed by atoms with Crippen LogP contribution in [0.3, 0.4) is 0 Å². The number of rotatable bonds is 82. The second-order valence-corrected chi connectivity index (χ2v) is 30.8. The molecule has 0 amide bonds. The largest absolute Gasteiger partial charge is 0.477 e. The van der Waals surface area contributed by atoms with Gasteiger partial charge in [0.1, 0.15) is 13.2 Å². The van der Waals surface area contributed by atoms with E-state index in [1.54, 1.807) is 0 Å². The van der Waals surface area contributed by atoms with Gasteiger partial charge in [0, 0.05) is 12.8 Å². The van der Waals surface area contributed by atoms with Crippen LogP contribution < -0.4 is 0 Å². The monoisotopic (exact) mass is 1440 g/mol. The zero-order chi connectivity index (χ0) is 74.6. The third-order valence-electron chi connectivity index (χ3n) is 19.5. The van der Waals surface area contributed by atoms with Crippen molar-refractivity contribution in [3.8, 4) is 0 Å². The molecule has 2 atom stereocenters. The van der Waals surface area contributed by atoms with E-state index in [9.17, 15) is 19.5 Å². The minimum Gasteiger partial charge on any atom is -0.477 e. The molecule has 0 aliphatic rings. The van der Waals surface area contributed by atoms with Crippen molar-refractivity contribution >= 4 is 17.9 Å². The summed E-state index contributed by atoms with van der Waals surface area (Å²) >= 11 is 0. The minimum atomic E-state index is -1.52. The van der Waals surface area contributed by atoms with Crippen LogP contribution in [0.4, 0.5) is 0 Å². The van der Waals surface area contributed by atoms with Crippen LogP contribution in [-0.4, -0.2) is 87.4 Å². The number of nitrogens with zero attached hydrogens (tertiary/aromatic N) is 1. The fourth-order valence-corrected chi connectivity index (χ4v) is 12.9. The van der Waals surface area contributed by atoms with Gasteiger partial charge in [-0.25, -0.2) is 4.79 Å². The summed E-state index contributed by atoms with van der Waals surface area (Å²) in [6.07, 6.45) is 116. The number of aliphatic carboxylic acids is 1. The second kappa shape index (κ2) is 83.6. The molecule has 0 rings (SSSR count). The van der Waals surface area contributed by atoms with Gasteiger partial charge in [-0.3, -0.25) is 9.59 Å². The first-order chi connectivity index (χ1) is 50.6. The van der Waals surface area contributed by atoms with Crippen LogP contribution in [0, 0.1) is 0 Å². The normalized spacial score (nSPS) is 13.1. The first-order valence-corrected chi connectivity index (χ1v) is 44.1. The number of hydrogen-bond acceptors (Lipinski definition) is 7. The van der Waals surface area contributed by atoms with Gasteiger partial charge in [0.2, 0.25) is 0 Å². The van der Waals surface area contributed by atoms with E-state index in [1.165, 1.54) is 289 Å². The number of carboxylic acids is 1. The number of hydrogen-bond donors (Lipinski definition) is 1. The van der Waals surface area contributed by atoms with Crippen molar-refractivity contribution in [2.24, 2.45) is 0 Å². The Morgan fingerprint density at radius 2 is 0.553 bits per heavy atom. The van der Waals surface area contributed by atoms with E-state index in [4.69, 9.17) is 18.9 Å². The van der Waals surface area contributed by atoms with Crippen LogP contribution in [0.5, 0.6) is 0 Å². The molecule has 2 unspecified atom stereocenters. The van der Waals surface area contributed by atoms with Gasteiger partial charge >= 0.3 is 17.9 Å². The number of allylic oxidation sites excluding steroid dienone is 18. The Morgan fingerprint density at radius 3 is 0.835 bits per heavy atom. The van der Waals surface area contributed by atoms with Crippen molar-refractivity contribution in [2.45, 2.75) is 424 Å². The van der Waals surface area contributed by atoms with Crippen molar-refractivity contribution < 1.29 is 42.9 Å². The molecule has 0 saturated heterocycles. The summed E-state index contributed by atoms with van der Waals surface area (Å²) in [7, 11) is 5.99. The molecule has 0 aromatic carbocycles. The number of carboxylic acid groups (broad SMARTS) is 1. The highest BCUT2D eigenvalue weighted by Gasteiger charge is 2.25. The lowest BCUT2D eigenvalue weighted by Gasteiger charge is -2.25. The second-order valence-electron chi connectivity index (χ2n) is 30.8. The smallest absolute Gasteiger partial charge is 0.361 e. The highest BCUT2D eigenvalue weighted by molar-refractivity contribution is 5.71. The molecule has 0 bridgehead atoms. The third kappa shape index (κ3) is 85.1. The first-order valence-electron chi connectivity index (χ1n) is 44.1. The Kier molecular flexibility index (Phi) is 80.3. The Hall–Kier alpha value is -4.05. The summed E-state index contributed by atoms with van der Waals surface area (Å²) in [5, 5.41) is 9.79. The lowest BCUT2D eigenvalue weighted by atomic mass is 10.0. The van der Waals surface area contributed by atoms with Crippen LogP contribution in [0.25, 0.3) is 0 Å². The van der Waals surface area contributed by atoms with Crippen molar-refractivity contribution in [2.75, 3.05) is 47.5 Å². The summed E-state index contributed by atoms with van der Waals surface area (Å²) in [5.41, 5.74) is 0. The number of ether oxygens (including phenoxy) is 4. The van der Waals surface area contributed by atoms with Gasteiger partial charge < -0.3 is 28.5 Å². The van der Waals surface area contributed by atoms with Gasteiger partial charge in [0.15, 0.2) is 6.10 Å². The molecule has 0 fully saturated rings. The SMILES string of the molecule is CC/C=C\C/C=C\C/C=C\C/C=C\C/C=C\C/C=C\C/C=C\C/C=C\CCCCCCCCCCCCCCC(=O)OC(COC(=O)CCCCCCCCCCCCCCCCCCCCCCCCCCCCCCC/C=C\CCCCCCCCCC)COC(OCC[N+](C)(C)C)C(=O)O. The minimum absolute atomic E-state index is 0.183. The Balaban J connectivity index is 3.96. The molecule has 0 aliphatic carbocycles. The van der Waals surface area contributed by atoms with Crippen molar-refractivity contribution in [3.63, 3.8) is 0 Å². The average Bonchev–Trinajstić information content (AvgIpc) is 1.16. The molecule has 0 radical (unpaired) electrons. The van der Waals surface area contributed by atoms with E-state index in [1.807, 2.05) is 21.1 Å². The summed E-state index contributed by atoms with van der Waals surface area (Å²) in [4.78, 5) is 37.8. The van der Waals surface area contributed by atoms with E-state index in [0.717, 1.165) is 89.9 Å². The highest BCUT2D eigenvalue weighted by Crippen LogP contribution is 2.20. The third-order valence-corrected chi connectivity index (χ3v) is 19.5. The number of likely N-dealkylation sites (N-methyl/N-ethyl adjacent to an activating group) is 1. The van der Waals surface area contributed by atoms with Crippen molar-refractivity contribution in [3.05, 3.63) is 109 Å². The van der Waals surface area contributed by atoms with E-state index >= 15 is 0 Å². The number of quaternary nitrogens is 1. The van der Waals surface area contributed by atoms with Gasteiger partial charge in [-0.1, -0.05) is 406 Å². The van der Waals surface area contributed by atoms with Gasteiger partial charge in [-0.15, -0.1) is 0 Å². The Labute approximate surface area is 638 Å². The van der Waals surface area contributed by atoms with Crippen LogP contribution >= 0.6 is 0 Å². The van der Waals surface area contributed by atoms with Crippen LogP contribution in [0.2, 0.25) is 0 Å². The fraction of sp³-hybridized carbons (Fsp3) is 0.777. The van der Waals surface area contributed by atoms with E-state index < -0.39 is 24.3 Å². The summed E-state index contributed by atoms with van der Waals surface area (Å²) in [6, 6.07) is 0. The molecule has 0 heterocycles. The Morgan fingerprint density at radius 1 is 0.301 bits per heavy atom. The Bertz CT molecular complexity index is 2070. The van der Waals surface area contributed by atoms with Crippen molar-refractivity contribution in [1.29, 1.82) is 0 Å². The van der Waals surface area contributed by atoms with Crippen LogP contribution in [0.15, 0.2) is 109 Å². The van der Waals surface area contributed by atoms with Gasteiger partial charge in [-0.2, -0.15) is 0 Å². The lowest BCUT2D eigenvalue weighted by Crippen LogP contribution is -2.40. The maximum absolute atomic E-state index is 13.0. The van der Waals surface area contributed by atoms with Crippen molar-refractivity contribution in [1.82, 2.24) is 0 Å². The average molecular weight is 1440 g/mol. The molecule has 0 saturated carbocycles. The topological polar surface area (TPSA) is 108 Å². The highest BCUT2D eigenvalue weighted by atomic mass is 16.7. The maximum atomic E-state index is 13.0. The molecule has 0 aliphatic heterocycles. The summed E-state index contributed by atoms with van der Waals surface area (Å²) in [5.74, 6) is -1.99. The molecule has 0 spiro atoms. The van der Waals surface area contributed by atoms with E-state index in [2.05, 4.69) is 123 Å². The standard InChI is InChI=1S/C94H167NO8/c1-6-8-10-12-14-16-18-20-22-24-26-28-30-32-34-36-38-40-42-44-45-46-47-49-50-52-54-56-58-60-62-64-66-68-70-72-74-76-78-80-82-84-91(96)101-88-90(89-102-94(93(98)99)100-87-86-95(3,4)5)103-92(97)85-83-81-79-77-75-73-71-69-67-65-63-61-59-57-55-53-51-48-43-41-39-37-35-33-31-29-27-25-23-21-19-17-15-13-11-9-7-2/h9,11,15,17,21,23-24,26-27,29,33,35,39,41,48,51,55,57,90,94H,6-8,10,12-14,16,18-20,22,25,28,30-32,34,36-38,40,42-47,49-50,52-54,56,58-89H2,1-5H3/p+1/b11-9-,17-15-,23-21-,26-24-,29-27-,35-33-,41-39-,51-48-,57-55-. The molecule has 0 aromatic rings. The molecule has 1 N–H and O–H groups in total. The quantitative estimate of drug-likeness (QED) is 0.0211. The maximum Gasteiger partial charge on any atom is 0.361 e. The molecular formula is C94H168NO8+. The zero-order valence-electron chi connectivity index (χ0n) is 68.5. The zero-order valence-corrected chi connectivity index (χ0v) is 68.5. The first kappa shape index (κ1) is 98.9. The number of esters is 2. The van der Waals surface area contributed by atoms with E-state index in [-0.39, 0.29) is 32.2 Å². The number of unbranched alkanes of at least 4 members (excludes halogenated alkanes) is 49. The molecule has 9 nitrogen and oxygen atoms in total. The van der Waals surface area contributed by atoms with Gasteiger partial charge in [0.25, 0.3) is 6.29 Å². The molecule has 0 aromatic heterocycles. The molecule has 596 valence electrons. The molecular weight excluding hydrogens is 1270 g/mol. The summed E-state index contributed by atoms with van der Waals surface area (Å²) in [6.45, 7) is 4.81. The molecule has 9 heteroatoms. The number of carbonyl (C=O) groups is 3. The van der Waals surface area contributed by atoms with Crippen LogP contribution in [-0.2, 0) is 33.3 Å². The lowest BCUT2D eigenvalue weighted by molar-refractivity contribution is -0.870. The van der Waals surface area contributed by atoms with Crippen LogP contribution in [0.1, 0.15) is 412 Å². The summed E-state index contributed by atoms with van der Waals surface area (Å²) < 4.78 is 23.1. The van der Waals surface area contributed by atoms with E-state index in [0.29, 0.717) is 23.9 Å². The fourth-order valence-electron chi connectivity index (χ4n) is 12.9. The van der Waals surface area contributed by atoms with Gasteiger partial charge in [0.05, 0.1) is 34.4 Å². The number of carbonyl (C=O) groups excluding carboxylic acids is 2.